The molecule has 0 radical (unpaired) electrons. The van der Waals surface area contributed by atoms with Gasteiger partial charge < -0.3 is 4.74 Å². The first kappa shape index (κ1) is 15.2. The van der Waals surface area contributed by atoms with Crippen molar-refractivity contribution in [1.29, 1.82) is 0 Å². The van der Waals surface area contributed by atoms with Crippen molar-refractivity contribution in [3.05, 3.63) is 34.3 Å². The van der Waals surface area contributed by atoms with E-state index in [1.54, 1.807) is 25.1 Å². The molecule has 0 aliphatic heterocycles. The Hall–Kier alpha value is 0.180. The van der Waals surface area contributed by atoms with Crippen LogP contribution in [0, 0.1) is 0 Å². The molecule has 0 bridgehead atoms. The summed E-state index contributed by atoms with van der Waals surface area (Å²) in [7, 11) is 0. The average Bonchev–Trinajstić information content (AvgIpc) is 2.26. The minimum atomic E-state index is -4.31. The first-order chi connectivity index (χ1) is 7.78. The van der Waals surface area contributed by atoms with Crippen LogP contribution in [0.1, 0.15) is 12.5 Å². The van der Waals surface area contributed by atoms with Gasteiger partial charge in [0.25, 0.3) is 0 Å². The zero-order chi connectivity index (χ0) is 13.1. The van der Waals surface area contributed by atoms with Gasteiger partial charge in [0, 0.05) is 8.90 Å². The third-order valence-electron chi connectivity index (χ3n) is 2.25. The summed E-state index contributed by atoms with van der Waals surface area (Å²) in [6.45, 7) is 0.416. The topological polar surface area (TPSA) is 9.23 Å². The van der Waals surface area contributed by atoms with E-state index in [0.717, 1.165) is 10.0 Å². The van der Waals surface area contributed by atoms with Crippen molar-refractivity contribution in [2.45, 2.75) is 18.7 Å². The van der Waals surface area contributed by atoms with E-state index in [1.165, 1.54) is 0 Å². The molecule has 1 nitrogen and oxygen atoms in total. The molecule has 0 saturated carbocycles. The molecule has 1 aromatic carbocycles. The molecule has 1 unspecified atom stereocenters. The lowest BCUT2D eigenvalue weighted by atomic mass is 9.98. The van der Waals surface area contributed by atoms with Gasteiger partial charge in [0.15, 0.2) is 0 Å². The highest BCUT2D eigenvalue weighted by atomic mass is 127. The van der Waals surface area contributed by atoms with Crippen LogP contribution in [0.4, 0.5) is 13.2 Å². The monoisotopic (exact) mass is 422 g/mol. The number of halogens is 5. The van der Waals surface area contributed by atoms with Crippen LogP contribution in [-0.4, -0.2) is 17.2 Å². The van der Waals surface area contributed by atoms with E-state index in [0.29, 0.717) is 4.43 Å². The fraction of sp³-hybridized carbons (Fsp3) is 0.455. The van der Waals surface area contributed by atoms with Crippen LogP contribution in [0.5, 0.6) is 0 Å². The van der Waals surface area contributed by atoms with Gasteiger partial charge in [-0.1, -0.05) is 56.7 Å². The number of ether oxygens (including phenoxy) is 1. The summed E-state index contributed by atoms with van der Waals surface area (Å²) in [5, 5.41) is 0. The second-order valence-corrected chi connectivity index (χ2v) is 5.37. The van der Waals surface area contributed by atoms with Gasteiger partial charge in [-0.3, -0.25) is 0 Å². The van der Waals surface area contributed by atoms with Gasteiger partial charge in [0.2, 0.25) is 0 Å². The Balaban J connectivity index is 2.93. The summed E-state index contributed by atoms with van der Waals surface area (Å²) < 4.78 is 42.8. The van der Waals surface area contributed by atoms with Crippen LogP contribution in [0.3, 0.4) is 0 Å². The molecule has 1 atom stereocenters. The Morgan fingerprint density at radius 2 is 1.88 bits per heavy atom. The predicted octanol–water partition coefficient (Wildman–Crippen LogP) is 4.68. The first-order valence-electron chi connectivity index (χ1n) is 4.80. The van der Waals surface area contributed by atoms with Crippen LogP contribution in [0.25, 0.3) is 0 Å². The molecule has 1 aromatic rings. The van der Waals surface area contributed by atoms with Gasteiger partial charge in [-0.05, 0) is 18.6 Å². The molecule has 0 heterocycles. The maximum atomic E-state index is 12.2. The summed E-state index contributed by atoms with van der Waals surface area (Å²) >= 11 is 5.35. The van der Waals surface area contributed by atoms with Crippen molar-refractivity contribution in [2.75, 3.05) is 11.0 Å². The molecule has 0 fully saturated rings. The highest BCUT2D eigenvalue weighted by molar-refractivity contribution is 14.1. The Labute approximate surface area is 120 Å². The second-order valence-electron chi connectivity index (χ2n) is 3.75. The van der Waals surface area contributed by atoms with E-state index in [-0.39, 0.29) is 0 Å². The van der Waals surface area contributed by atoms with E-state index in [1.807, 2.05) is 28.7 Å². The Morgan fingerprint density at radius 3 is 2.35 bits per heavy atom. The third kappa shape index (κ3) is 4.40. The molecule has 0 aromatic heterocycles. The second kappa shape index (κ2) is 5.88. The molecule has 1 rings (SSSR count). The van der Waals surface area contributed by atoms with E-state index in [4.69, 9.17) is 4.74 Å². The Bertz CT molecular complexity index is 383. The van der Waals surface area contributed by atoms with Crippen molar-refractivity contribution in [3.8, 4) is 0 Å². The van der Waals surface area contributed by atoms with Gasteiger partial charge in [0.05, 0.1) is 0 Å². The van der Waals surface area contributed by atoms with Crippen LogP contribution in [0.2, 0.25) is 0 Å². The normalized spacial score (nSPS) is 15.6. The quantitative estimate of drug-likeness (QED) is 0.505. The minimum Gasteiger partial charge on any atom is -0.360 e. The minimum absolute atomic E-state index is 0.434. The van der Waals surface area contributed by atoms with Gasteiger partial charge in [-0.15, -0.1) is 0 Å². The number of alkyl halides is 4. The maximum Gasteiger partial charge on any atom is 0.411 e. The van der Waals surface area contributed by atoms with Crippen LogP contribution in [0.15, 0.2) is 28.7 Å². The number of rotatable bonds is 4. The fourth-order valence-corrected chi connectivity index (χ4v) is 2.65. The van der Waals surface area contributed by atoms with E-state index in [9.17, 15) is 13.2 Å². The van der Waals surface area contributed by atoms with Gasteiger partial charge >= 0.3 is 6.18 Å². The molecular formula is C11H11BrF3IO. The van der Waals surface area contributed by atoms with Crippen molar-refractivity contribution in [3.63, 3.8) is 0 Å². The molecule has 0 amide bonds. The van der Waals surface area contributed by atoms with Crippen molar-refractivity contribution >= 4 is 38.5 Å². The lowest BCUT2D eigenvalue weighted by molar-refractivity contribution is -0.200. The molecule has 0 aliphatic rings. The Morgan fingerprint density at radius 1 is 1.29 bits per heavy atom. The van der Waals surface area contributed by atoms with Gasteiger partial charge in [0.1, 0.15) is 12.2 Å². The summed E-state index contributed by atoms with van der Waals surface area (Å²) in [5.41, 5.74) is -0.227. The van der Waals surface area contributed by atoms with Crippen molar-refractivity contribution in [1.82, 2.24) is 0 Å². The molecular weight excluding hydrogens is 412 g/mol. The largest absolute Gasteiger partial charge is 0.411 e. The molecule has 0 N–H and O–H groups in total. The molecule has 96 valence electrons. The molecule has 0 aliphatic carbocycles. The van der Waals surface area contributed by atoms with Crippen molar-refractivity contribution in [2.24, 2.45) is 0 Å². The highest BCUT2D eigenvalue weighted by Gasteiger charge is 2.35. The van der Waals surface area contributed by atoms with Crippen LogP contribution in [-0.2, 0) is 10.3 Å². The fourth-order valence-electron chi connectivity index (χ4n) is 1.32. The molecule has 6 heteroatoms. The van der Waals surface area contributed by atoms with E-state index >= 15 is 0 Å². The Kier molecular flexibility index (Phi) is 5.27. The smallest absolute Gasteiger partial charge is 0.360 e. The predicted molar refractivity (Wildman–Crippen MR) is 72.4 cm³/mol. The molecule has 17 heavy (non-hydrogen) atoms. The van der Waals surface area contributed by atoms with Crippen molar-refractivity contribution < 1.29 is 17.9 Å². The van der Waals surface area contributed by atoms with Gasteiger partial charge in [-0.2, -0.15) is 13.2 Å². The van der Waals surface area contributed by atoms with E-state index < -0.39 is 18.4 Å². The zero-order valence-electron chi connectivity index (χ0n) is 9.02. The molecule has 0 spiro atoms. The summed E-state index contributed by atoms with van der Waals surface area (Å²) in [6.07, 6.45) is -4.31. The third-order valence-corrected chi connectivity index (χ3v) is 4.40. The summed E-state index contributed by atoms with van der Waals surface area (Å²) in [4.78, 5) is 0. The van der Waals surface area contributed by atoms with Crippen LogP contribution >= 0.6 is 38.5 Å². The highest BCUT2D eigenvalue weighted by Crippen LogP contribution is 2.34. The molecule has 0 saturated heterocycles. The summed E-state index contributed by atoms with van der Waals surface area (Å²) in [6, 6.07) is 7.14. The first-order valence-corrected chi connectivity index (χ1v) is 7.12. The lowest BCUT2D eigenvalue weighted by Crippen LogP contribution is -2.33. The SMILES string of the molecule is CC(CI)(OCC(F)(F)F)c1ccccc1Br. The van der Waals surface area contributed by atoms with Crippen LogP contribution < -0.4 is 0 Å². The number of hydrogen-bond donors (Lipinski definition) is 0. The average molecular weight is 423 g/mol. The summed E-state index contributed by atoms with van der Waals surface area (Å²) in [5.74, 6) is 0. The van der Waals surface area contributed by atoms with Gasteiger partial charge in [-0.25, -0.2) is 0 Å². The maximum absolute atomic E-state index is 12.2. The van der Waals surface area contributed by atoms with E-state index in [2.05, 4.69) is 15.9 Å². The lowest BCUT2D eigenvalue weighted by Gasteiger charge is -2.30. The number of hydrogen-bond acceptors (Lipinski definition) is 1. The number of benzene rings is 1. The zero-order valence-corrected chi connectivity index (χ0v) is 12.8. The standard InChI is InChI=1S/C11H11BrF3IO/c1-10(6-16,17-7-11(13,14)15)8-4-2-3-5-9(8)12/h2-5H,6-7H2,1H3.